The monoisotopic (exact) mass is 332 g/mol. The molecule has 0 radical (unpaired) electrons. The number of carbonyl (C=O) groups is 2. The van der Waals surface area contributed by atoms with Gasteiger partial charge in [0, 0.05) is 12.2 Å². The van der Waals surface area contributed by atoms with E-state index in [2.05, 4.69) is 22.6 Å². The summed E-state index contributed by atoms with van der Waals surface area (Å²) in [4.78, 5) is 21.6. The quantitative estimate of drug-likeness (QED) is 0.346. The Balaban J connectivity index is 3.68. The Morgan fingerprint density at radius 2 is 1.39 bits per heavy atom. The van der Waals surface area contributed by atoms with E-state index in [0.29, 0.717) is 0 Å². The van der Waals surface area contributed by atoms with Crippen molar-refractivity contribution in [1.29, 1.82) is 0 Å². The minimum atomic E-state index is -0.953. The Hall–Kier alpha value is -1.74. The molecule has 0 aromatic heterocycles. The number of esters is 2. The molecule has 132 valence electrons. The predicted molar refractivity (Wildman–Crippen MR) is 80.6 cm³/mol. The van der Waals surface area contributed by atoms with E-state index in [-0.39, 0.29) is 39.1 Å². The third-order valence-electron chi connectivity index (χ3n) is 2.41. The first-order chi connectivity index (χ1) is 10.9. The number of hydrogen-bond acceptors (Lipinski definition) is 8. The standard InChI is InChI=1S/C15H24O8/c1-4-14(18)22-9-12(16)7-20-6-11(3)21-8-13(17)10-23-15(19)5-2/h4-5,11-13,16-17H,1-2,6-10H2,3H3. The number of rotatable bonds is 13. The van der Waals surface area contributed by atoms with Crippen LogP contribution in [-0.4, -0.2) is 73.5 Å². The summed E-state index contributed by atoms with van der Waals surface area (Å²) in [7, 11) is 0. The van der Waals surface area contributed by atoms with Crippen LogP contribution in [0.2, 0.25) is 0 Å². The van der Waals surface area contributed by atoms with Gasteiger partial charge < -0.3 is 29.2 Å². The van der Waals surface area contributed by atoms with Crippen LogP contribution in [0.4, 0.5) is 0 Å². The van der Waals surface area contributed by atoms with Crippen LogP contribution in [0, 0.1) is 0 Å². The van der Waals surface area contributed by atoms with Crippen LogP contribution in [-0.2, 0) is 28.5 Å². The smallest absolute Gasteiger partial charge is 0.330 e. The van der Waals surface area contributed by atoms with Crippen LogP contribution < -0.4 is 0 Å². The van der Waals surface area contributed by atoms with Crippen molar-refractivity contribution in [3.63, 3.8) is 0 Å². The van der Waals surface area contributed by atoms with Gasteiger partial charge in [0.1, 0.15) is 25.4 Å². The zero-order valence-electron chi connectivity index (χ0n) is 13.2. The summed E-state index contributed by atoms with van der Waals surface area (Å²) in [6, 6.07) is 0. The van der Waals surface area contributed by atoms with Gasteiger partial charge in [0.2, 0.25) is 0 Å². The number of aliphatic hydroxyl groups excluding tert-OH is 2. The molecule has 0 saturated heterocycles. The highest BCUT2D eigenvalue weighted by Crippen LogP contribution is 1.97. The molecule has 0 aliphatic heterocycles. The van der Waals surface area contributed by atoms with Gasteiger partial charge in [-0.05, 0) is 6.92 Å². The second-order valence-corrected chi connectivity index (χ2v) is 4.66. The SMILES string of the molecule is C=CC(=O)OCC(O)COCC(C)OCC(O)COC(=O)C=C. The Bertz CT molecular complexity index is 382. The lowest BCUT2D eigenvalue weighted by atomic mass is 10.3. The summed E-state index contributed by atoms with van der Waals surface area (Å²) < 4.78 is 19.8. The van der Waals surface area contributed by atoms with Crippen molar-refractivity contribution in [3.05, 3.63) is 25.3 Å². The van der Waals surface area contributed by atoms with Crippen LogP contribution in [0.25, 0.3) is 0 Å². The van der Waals surface area contributed by atoms with Gasteiger partial charge in [0.05, 0.1) is 25.9 Å². The molecule has 0 aromatic carbocycles. The molecule has 2 N–H and O–H groups in total. The van der Waals surface area contributed by atoms with E-state index in [1.54, 1.807) is 6.92 Å². The van der Waals surface area contributed by atoms with Gasteiger partial charge in [0.15, 0.2) is 0 Å². The first kappa shape index (κ1) is 21.3. The highest BCUT2D eigenvalue weighted by atomic mass is 16.6. The molecule has 0 rings (SSSR count). The molecular formula is C15H24O8. The van der Waals surface area contributed by atoms with Crippen molar-refractivity contribution in [2.24, 2.45) is 0 Å². The molecule has 0 saturated carbocycles. The van der Waals surface area contributed by atoms with E-state index in [9.17, 15) is 19.8 Å². The average molecular weight is 332 g/mol. The molecular weight excluding hydrogens is 308 g/mol. The van der Waals surface area contributed by atoms with E-state index in [1.165, 1.54) is 0 Å². The van der Waals surface area contributed by atoms with E-state index in [1.807, 2.05) is 0 Å². The number of carbonyl (C=O) groups excluding carboxylic acids is 2. The predicted octanol–water partition coefficient (Wildman–Crippen LogP) is -0.412. The summed E-state index contributed by atoms with van der Waals surface area (Å²) in [6.07, 6.45) is -0.244. The van der Waals surface area contributed by atoms with Crippen molar-refractivity contribution in [2.45, 2.75) is 25.2 Å². The zero-order chi connectivity index (χ0) is 17.7. The van der Waals surface area contributed by atoms with E-state index in [4.69, 9.17) is 9.47 Å². The summed E-state index contributed by atoms with van der Waals surface area (Å²) in [5.41, 5.74) is 0. The van der Waals surface area contributed by atoms with E-state index in [0.717, 1.165) is 12.2 Å². The maximum absolute atomic E-state index is 10.8. The minimum Gasteiger partial charge on any atom is -0.460 e. The third-order valence-corrected chi connectivity index (χ3v) is 2.41. The molecule has 0 amide bonds. The third kappa shape index (κ3) is 12.5. The molecule has 0 aromatic rings. The number of aliphatic hydroxyl groups is 2. The highest BCUT2D eigenvalue weighted by Gasteiger charge is 2.12. The molecule has 0 spiro atoms. The fraction of sp³-hybridized carbons (Fsp3) is 0.600. The van der Waals surface area contributed by atoms with Crippen LogP contribution >= 0.6 is 0 Å². The molecule has 0 heterocycles. The second-order valence-electron chi connectivity index (χ2n) is 4.66. The lowest BCUT2D eigenvalue weighted by molar-refractivity contribution is -0.144. The summed E-state index contributed by atoms with van der Waals surface area (Å²) in [5, 5.41) is 19.0. The zero-order valence-corrected chi connectivity index (χ0v) is 13.2. The van der Waals surface area contributed by atoms with Gasteiger partial charge in [-0.3, -0.25) is 0 Å². The van der Waals surface area contributed by atoms with Gasteiger partial charge >= 0.3 is 11.9 Å². The summed E-state index contributed by atoms with van der Waals surface area (Å²) >= 11 is 0. The normalized spacial score (nSPS) is 14.4. The fourth-order valence-electron chi connectivity index (χ4n) is 1.26. The first-order valence-corrected chi connectivity index (χ1v) is 7.02. The Labute approximate surface area is 135 Å². The lowest BCUT2D eigenvalue weighted by Gasteiger charge is -2.17. The molecule has 23 heavy (non-hydrogen) atoms. The maximum Gasteiger partial charge on any atom is 0.330 e. The molecule has 0 aliphatic carbocycles. The van der Waals surface area contributed by atoms with Crippen LogP contribution in [0.3, 0.4) is 0 Å². The average Bonchev–Trinajstić information content (AvgIpc) is 2.55. The second kappa shape index (κ2) is 12.8. The van der Waals surface area contributed by atoms with E-state index < -0.39 is 24.1 Å². The van der Waals surface area contributed by atoms with Crippen LogP contribution in [0.15, 0.2) is 25.3 Å². The highest BCUT2D eigenvalue weighted by molar-refractivity contribution is 5.81. The molecule has 0 bridgehead atoms. The Morgan fingerprint density at radius 1 is 0.913 bits per heavy atom. The van der Waals surface area contributed by atoms with Crippen molar-refractivity contribution < 1.29 is 38.7 Å². The van der Waals surface area contributed by atoms with Crippen molar-refractivity contribution in [1.82, 2.24) is 0 Å². The summed E-state index contributed by atoms with van der Waals surface area (Å²) in [5.74, 6) is -1.24. The fourth-order valence-corrected chi connectivity index (χ4v) is 1.26. The van der Waals surface area contributed by atoms with Crippen molar-refractivity contribution in [2.75, 3.05) is 33.0 Å². The minimum absolute atomic E-state index is 0.0301. The maximum atomic E-state index is 10.8. The van der Waals surface area contributed by atoms with Crippen LogP contribution in [0.1, 0.15) is 6.92 Å². The molecule has 0 fully saturated rings. The van der Waals surface area contributed by atoms with Gasteiger partial charge in [-0.15, -0.1) is 0 Å². The molecule has 3 atom stereocenters. The number of ether oxygens (including phenoxy) is 4. The topological polar surface area (TPSA) is 112 Å². The Morgan fingerprint density at radius 3 is 1.87 bits per heavy atom. The molecule has 3 unspecified atom stereocenters. The largest absolute Gasteiger partial charge is 0.460 e. The first-order valence-electron chi connectivity index (χ1n) is 7.02. The summed E-state index contributed by atoms with van der Waals surface area (Å²) in [6.45, 7) is 7.91. The number of hydrogen-bond donors (Lipinski definition) is 2. The molecule has 0 aliphatic rings. The molecule has 8 heteroatoms. The Kier molecular flexibility index (Phi) is 11.8. The van der Waals surface area contributed by atoms with Gasteiger partial charge in [-0.25, -0.2) is 9.59 Å². The van der Waals surface area contributed by atoms with Gasteiger partial charge in [0.25, 0.3) is 0 Å². The van der Waals surface area contributed by atoms with Crippen molar-refractivity contribution >= 4 is 11.9 Å². The van der Waals surface area contributed by atoms with Gasteiger partial charge in [-0.2, -0.15) is 0 Å². The van der Waals surface area contributed by atoms with E-state index >= 15 is 0 Å². The van der Waals surface area contributed by atoms with Crippen molar-refractivity contribution in [3.8, 4) is 0 Å². The molecule has 8 nitrogen and oxygen atoms in total. The van der Waals surface area contributed by atoms with Crippen LogP contribution in [0.5, 0.6) is 0 Å². The van der Waals surface area contributed by atoms with Gasteiger partial charge in [-0.1, -0.05) is 13.2 Å². The lowest BCUT2D eigenvalue weighted by Crippen LogP contribution is -2.29.